The first-order valence-corrected chi connectivity index (χ1v) is 20.1. The monoisotopic (exact) mass is 803 g/mol. The second-order valence-corrected chi connectivity index (χ2v) is 15.1. The fourth-order valence-electron chi connectivity index (χ4n) is 7.63. The number of nitrogens with zero attached hydrogens (tertiary/aromatic N) is 6. The fourth-order valence-corrected chi connectivity index (χ4v) is 8.57. The first-order valence-electron chi connectivity index (χ1n) is 19.1. The highest BCUT2D eigenvalue weighted by atomic mass is 32.2. The quantitative estimate of drug-likeness (QED) is 0.0780. The molecule has 0 saturated carbocycles. The van der Waals surface area contributed by atoms with E-state index >= 15 is 0 Å². The number of thioether (sulfide) groups is 1. The molecule has 2 saturated heterocycles. The molecule has 0 spiro atoms. The minimum absolute atomic E-state index is 0.0426. The van der Waals surface area contributed by atoms with Gasteiger partial charge in [-0.2, -0.15) is 0 Å². The molecule has 5 aromatic rings. The molecule has 3 aliphatic rings. The number of nitrogens with two attached hydrogens (primary N) is 1. The molecule has 1 unspecified atom stereocenters. The molecule has 2 atom stereocenters. The van der Waals surface area contributed by atoms with E-state index in [2.05, 4.69) is 25.5 Å². The predicted octanol–water partition coefficient (Wildman–Crippen LogP) is 3.99. The Morgan fingerprint density at radius 1 is 0.897 bits per heavy atom. The van der Waals surface area contributed by atoms with Crippen LogP contribution >= 0.6 is 11.8 Å². The molecule has 2 aromatic carbocycles. The van der Waals surface area contributed by atoms with Crippen LogP contribution in [0.2, 0.25) is 0 Å². The van der Waals surface area contributed by atoms with E-state index in [1.807, 2.05) is 28.8 Å². The van der Waals surface area contributed by atoms with Crippen LogP contribution in [0.4, 0.5) is 11.6 Å². The van der Waals surface area contributed by atoms with Crippen molar-refractivity contribution in [1.82, 2.24) is 34.5 Å². The summed E-state index contributed by atoms with van der Waals surface area (Å²) in [4.78, 5) is 80.9. The van der Waals surface area contributed by atoms with Crippen LogP contribution in [0.3, 0.4) is 0 Å². The number of imide groups is 2. The standard InChI is InChI=1S/C41H41N9O7S/c42-36-35-34(25-9-11-26(12-10-25)38(52)45-31-8-1-2-15-43-31)47-37(49(35)18-16-44-36)28-6-4-17-48(28)19-20-56-21-22-57-23-24-58-30-7-3-5-27-33(30)41(55)50(40(27)54)29-13-14-32(51)46-39(29)53/h1-3,5,7-12,15-16,18,28-29H,4,6,13-14,17,19-24H2,(H2,42,44)(H,43,45,52)(H,46,51,53)/t28-,29?/m0/s1. The molecule has 0 bridgehead atoms. The number of ether oxygens (including phenoxy) is 2. The van der Waals surface area contributed by atoms with Gasteiger partial charge >= 0.3 is 0 Å². The smallest absolute Gasteiger partial charge is 0.263 e. The van der Waals surface area contributed by atoms with Crippen molar-refractivity contribution in [2.75, 3.05) is 56.3 Å². The fraction of sp³-hybridized carbons (Fsp3) is 0.317. The van der Waals surface area contributed by atoms with E-state index in [1.165, 1.54) is 11.8 Å². The number of nitrogens with one attached hydrogen (secondary N) is 2. The Kier molecular flexibility index (Phi) is 11.5. The molecule has 2 fully saturated rings. The lowest BCUT2D eigenvalue weighted by Gasteiger charge is -2.27. The van der Waals surface area contributed by atoms with Crippen LogP contribution in [0.5, 0.6) is 0 Å². The zero-order valence-corrected chi connectivity index (χ0v) is 32.3. The Labute approximate surface area is 337 Å². The number of nitrogen functional groups attached to an aromatic ring is 1. The summed E-state index contributed by atoms with van der Waals surface area (Å²) in [6.07, 6.45) is 7.29. The summed E-state index contributed by atoms with van der Waals surface area (Å²) in [6.45, 7) is 3.31. The maximum Gasteiger partial charge on any atom is 0.263 e. The van der Waals surface area contributed by atoms with Gasteiger partial charge in [0.1, 0.15) is 34.7 Å². The number of likely N-dealkylation sites (tertiary alicyclic amines) is 1. The zero-order valence-electron chi connectivity index (χ0n) is 31.5. The SMILES string of the molecule is Nc1nccn2c([C@@H]3CCCN3CCOCCOCCSc3cccc4c3C(=O)N(C3CCC(=O)NC3=O)C4=O)nc(-c3ccc(C(=O)Nc4ccccn4)cc3)c12. The Hall–Kier alpha value is -6.01. The average Bonchev–Trinajstić information content (AvgIpc) is 3.93. The van der Waals surface area contributed by atoms with Crippen LogP contribution in [-0.4, -0.2) is 110 Å². The van der Waals surface area contributed by atoms with E-state index < -0.39 is 29.7 Å². The zero-order chi connectivity index (χ0) is 40.2. The number of anilines is 2. The highest BCUT2D eigenvalue weighted by molar-refractivity contribution is 7.99. The van der Waals surface area contributed by atoms with Gasteiger partial charge in [0, 0.05) is 53.3 Å². The van der Waals surface area contributed by atoms with Crippen molar-refractivity contribution < 1.29 is 33.4 Å². The summed E-state index contributed by atoms with van der Waals surface area (Å²) in [5.41, 5.74) is 9.68. The van der Waals surface area contributed by atoms with E-state index in [4.69, 9.17) is 20.2 Å². The number of carbonyl (C=O) groups excluding carboxylic acids is 5. The van der Waals surface area contributed by atoms with Gasteiger partial charge in [0.15, 0.2) is 0 Å². The van der Waals surface area contributed by atoms with Gasteiger partial charge in [-0.3, -0.25) is 43.5 Å². The number of hydrogen-bond acceptors (Lipinski definition) is 13. The summed E-state index contributed by atoms with van der Waals surface area (Å²) >= 11 is 1.40. The number of aromatic nitrogens is 4. The molecule has 58 heavy (non-hydrogen) atoms. The van der Waals surface area contributed by atoms with Crippen LogP contribution in [0.25, 0.3) is 16.8 Å². The lowest BCUT2D eigenvalue weighted by atomic mass is 10.0. The molecule has 3 aliphatic heterocycles. The third-order valence-corrected chi connectivity index (χ3v) is 11.4. The summed E-state index contributed by atoms with van der Waals surface area (Å²) < 4.78 is 13.8. The molecule has 17 heteroatoms. The molecule has 8 rings (SSSR count). The number of benzene rings is 2. The number of hydrogen-bond donors (Lipinski definition) is 3. The minimum atomic E-state index is -1.01. The molecule has 3 aromatic heterocycles. The third kappa shape index (κ3) is 7.93. The van der Waals surface area contributed by atoms with Crippen LogP contribution in [0.15, 0.2) is 84.1 Å². The van der Waals surface area contributed by atoms with Gasteiger partial charge in [-0.1, -0.05) is 24.3 Å². The van der Waals surface area contributed by atoms with E-state index in [1.54, 1.807) is 54.9 Å². The molecular formula is C41H41N9O7S. The number of amides is 5. The summed E-state index contributed by atoms with van der Waals surface area (Å²) in [5, 5.41) is 5.03. The van der Waals surface area contributed by atoms with Gasteiger partial charge in [0.05, 0.1) is 43.6 Å². The van der Waals surface area contributed by atoms with Gasteiger partial charge in [0.2, 0.25) is 11.8 Å². The highest BCUT2D eigenvalue weighted by Crippen LogP contribution is 2.37. The van der Waals surface area contributed by atoms with Gasteiger partial charge in [-0.05, 0) is 62.2 Å². The van der Waals surface area contributed by atoms with Crippen LogP contribution in [0, 0.1) is 0 Å². The Morgan fingerprint density at radius 3 is 2.52 bits per heavy atom. The molecule has 0 radical (unpaired) electrons. The van der Waals surface area contributed by atoms with Gasteiger partial charge in [-0.15, -0.1) is 11.8 Å². The minimum Gasteiger partial charge on any atom is -0.382 e. The molecule has 298 valence electrons. The largest absolute Gasteiger partial charge is 0.382 e. The molecule has 16 nitrogen and oxygen atoms in total. The lowest BCUT2D eigenvalue weighted by molar-refractivity contribution is -0.136. The van der Waals surface area contributed by atoms with Crippen molar-refractivity contribution in [3.05, 3.63) is 102 Å². The van der Waals surface area contributed by atoms with E-state index in [-0.39, 0.29) is 35.9 Å². The Bertz CT molecular complexity index is 2370. The molecular weight excluding hydrogens is 763 g/mol. The van der Waals surface area contributed by atoms with E-state index in [0.717, 1.165) is 35.7 Å². The normalized spacial score (nSPS) is 18.2. The van der Waals surface area contributed by atoms with Gasteiger partial charge < -0.3 is 20.5 Å². The molecule has 0 aliphatic carbocycles. The predicted molar refractivity (Wildman–Crippen MR) is 214 cm³/mol. The van der Waals surface area contributed by atoms with Crippen LogP contribution in [0.1, 0.15) is 68.6 Å². The van der Waals surface area contributed by atoms with Crippen LogP contribution in [-0.2, 0) is 19.1 Å². The summed E-state index contributed by atoms with van der Waals surface area (Å²) in [7, 11) is 0. The van der Waals surface area contributed by atoms with E-state index in [9.17, 15) is 24.0 Å². The van der Waals surface area contributed by atoms with Crippen molar-refractivity contribution in [2.45, 2.75) is 42.7 Å². The van der Waals surface area contributed by atoms with Crippen molar-refractivity contribution in [3.8, 4) is 11.3 Å². The van der Waals surface area contributed by atoms with Crippen molar-refractivity contribution in [2.24, 2.45) is 0 Å². The third-order valence-electron chi connectivity index (χ3n) is 10.4. The Balaban J connectivity index is 0.813. The average molecular weight is 804 g/mol. The summed E-state index contributed by atoms with van der Waals surface area (Å²) in [6, 6.07) is 16.7. The maximum absolute atomic E-state index is 13.3. The van der Waals surface area contributed by atoms with Gasteiger partial charge in [0.25, 0.3) is 17.7 Å². The first-order chi connectivity index (χ1) is 28.3. The molecule has 6 heterocycles. The topological polar surface area (TPSA) is 203 Å². The molecule has 5 amide bonds. The summed E-state index contributed by atoms with van der Waals surface area (Å²) in [5.74, 6) is -0.105. The van der Waals surface area contributed by atoms with Crippen molar-refractivity contribution in [3.63, 3.8) is 0 Å². The van der Waals surface area contributed by atoms with Crippen LogP contribution < -0.4 is 16.4 Å². The number of rotatable bonds is 15. The number of carbonyl (C=O) groups is 5. The highest BCUT2D eigenvalue weighted by Gasteiger charge is 2.45. The lowest BCUT2D eigenvalue weighted by Crippen LogP contribution is -2.54. The number of fused-ring (bicyclic) bond motifs is 2. The molecule has 4 N–H and O–H groups in total. The second-order valence-electron chi connectivity index (χ2n) is 14.0. The second kappa shape index (κ2) is 17.2. The van der Waals surface area contributed by atoms with E-state index in [0.29, 0.717) is 72.0 Å². The first kappa shape index (κ1) is 38.8. The number of piperidine rings is 1. The van der Waals surface area contributed by atoms with Crippen molar-refractivity contribution in [1.29, 1.82) is 0 Å². The Morgan fingerprint density at radius 2 is 1.72 bits per heavy atom. The van der Waals surface area contributed by atoms with Gasteiger partial charge in [-0.25, -0.2) is 15.0 Å². The number of pyridine rings is 1. The number of imidazole rings is 1. The van der Waals surface area contributed by atoms with Crippen molar-refractivity contribution >= 4 is 58.5 Å². The maximum atomic E-state index is 13.3.